The average molecular weight is 385 g/mol. The molecule has 0 aliphatic heterocycles. The van der Waals surface area contributed by atoms with Crippen molar-refractivity contribution in [1.29, 1.82) is 0 Å². The van der Waals surface area contributed by atoms with Gasteiger partial charge in [-0.1, -0.05) is 6.92 Å². The van der Waals surface area contributed by atoms with Crippen molar-refractivity contribution in [2.75, 3.05) is 18.3 Å². The van der Waals surface area contributed by atoms with Crippen LogP contribution in [0.5, 0.6) is 0 Å². The van der Waals surface area contributed by atoms with Crippen LogP contribution < -0.4 is 5.48 Å². The number of alkyl halides is 3. The normalized spacial score (nSPS) is 13.1. The fourth-order valence-corrected chi connectivity index (χ4v) is 3.18. The molecule has 3 rings (SSSR count). The van der Waals surface area contributed by atoms with Crippen molar-refractivity contribution in [1.82, 2.24) is 9.97 Å². The standard InChI is InChI=1S/C16H14F3N3O3S/c1-3-26(23)12-6-7-13(22-24-2)21-14(12)15-20-10-8-9(16(17,18)19)4-5-11(10)25-15/h4-8H,3H2,1-2H3,(H,21,22). The molecular weight excluding hydrogens is 371 g/mol. The minimum absolute atomic E-state index is 0.0177. The molecule has 0 bridgehead atoms. The summed E-state index contributed by atoms with van der Waals surface area (Å²) in [6.07, 6.45) is -4.48. The molecule has 0 saturated carbocycles. The molecule has 1 atom stereocenters. The number of hydrogen-bond acceptors (Lipinski definition) is 6. The summed E-state index contributed by atoms with van der Waals surface area (Å²) >= 11 is 0. The number of halogens is 3. The minimum atomic E-state index is -4.48. The number of nitrogens with one attached hydrogen (secondary N) is 1. The van der Waals surface area contributed by atoms with E-state index in [0.29, 0.717) is 16.5 Å². The number of anilines is 1. The van der Waals surface area contributed by atoms with Crippen molar-refractivity contribution in [2.45, 2.75) is 18.0 Å². The van der Waals surface area contributed by atoms with Gasteiger partial charge in [-0.25, -0.2) is 15.4 Å². The van der Waals surface area contributed by atoms with Crippen molar-refractivity contribution in [3.05, 3.63) is 35.9 Å². The van der Waals surface area contributed by atoms with E-state index in [1.807, 2.05) is 0 Å². The molecule has 2 heterocycles. The van der Waals surface area contributed by atoms with E-state index in [1.165, 1.54) is 13.2 Å². The summed E-state index contributed by atoms with van der Waals surface area (Å²) < 4.78 is 56.4. The fourth-order valence-electron chi connectivity index (χ4n) is 2.31. The van der Waals surface area contributed by atoms with Crippen molar-refractivity contribution < 1.29 is 26.6 Å². The van der Waals surface area contributed by atoms with E-state index in [1.54, 1.807) is 19.1 Å². The molecule has 0 aliphatic rings. The Morgan fingerprint density at radius 3 is 2.65 bits per heavy atom. The number of hydrogen-bond donors (Lipinski definition) is 1. The highest BCUT2D eigenvalue weighted by Gasteiger charge is 2.31. The summed E-state index contributed by atoms with van der Waals surface area (Å²) in [6.45, 7) is 1.74. The first kappa shape index (κ1) is 18.3. The third kappa shape index (κ3) is 3.56. The maximum Gasteiger partial charge on any atom is 0.416 e. The first-order valence-electron chi connectivity index (χ1n) is 7.50. The van der Waals surface area contributed by atoms with Gasteiger partial charge in [-0.2, -0.15) is 13.2 Å². The predicted molar refractivity (Wildman–Crippen MR) is 89.8 cm³/mol. The highest BCUT2D eigenvalue weighted by Crippen LogP contribution is 2.33. The van der Waals surface area contributed by atoms with Crippen LogP contribution in [0.25, 0.3) is 22.7 Å². The number of pyridine rings is 1. The summed E-state index contributed by atoms with van der Waals surface area (Å²) in [5.41, 5.74) is 2.10. The van der Waals surface area contributed by atoms with Crippen LogP contribution in [0.4, 0.5) is 19.0 Å². The lowest BCUT2D eigenvalue weighted by Gasteiger charge is -2.08. The molecule has 1 N–H and O–H groups in total. The van der Waals surface area contributed by atoms with Crippen LogP contribution in [0.2, 0.25) is 0 Å². The predicted octanol–water partition coefficient (Wildman–Crippen LogP) is 4.01. The zero-order valence-electron chi connectivity index (χ0n) is 13.8. The molecule has 0 radical (unpaired) electrons. The van der Waals surface area contributed by atoms with Gasteiger partial charge in [-0.3, -0.25) is 9.05 Å². The monoisotopic (exact) mass is 385 g/mol. The van der Waals surface area contributed by atoms with Gasteiger partial charge < -0.3 is 4.42 Å². The van der Waals surface area contributed by atoms with Crippen LogP contribution in [0, 0.1) is 0 Å². The SMILES string of the molecule is CCS(=O)c1ccc(NOC)nc1-c1nc2cc(C(F)(F)F)ccc2o1. The van der Waals surface area contributed by atoms with E-state index in [0.717, 1.165) is 12.1 Å². The van der Waals surface area contributed by atoms with E-state index in [-0.39, 0.29) is 22.7 Å². The zero-order chi connectivity index (χ0) is 18.9. The first-order chi connectivity index (χ1) is 12.3. The molecule has 138 valence electrons. The topological polar surface area (TPSA) is 77.2 Å². The van der Waals surface area contributed by atoms with E-state index >= 15 is 0 Å². The zero-order valence-corrected chi connectivity index (χ0v) is 14.6. The quantitative estimate of drug-likeness (QED) is 0.669. The molecule has 0 fully saturated rings. The van der Waals surface area contributed by atoms with Gasteiger partial charge in [0.05, 0.1) is 28.4 Å². The second kappa shape index (κ2) is 7.04. The lowest BCUT2D eigenvalue weighted by Crippen LogP contribution is -2.04. The van der Waals surface area contributed by atoms with Crippen LogP contribution in [0.15, 0.2) is 39.6 Å². The lowest BCUT2D eigenvalue weighted by molar-refractivity contribution is -0.137. The molecule has 26 heavy (non-hydrogen) atoms. The Kier molecular flexibility index (Phi) is 4.97. The van der Waals surface area contributed by atoms with Gasteiger partial charge in [0, 0.05) is 5.75 Å². The maximum atomic E-state index is 12.9. The largest absolute Gasteiger partial charge is 0.435 e. The second-order valence-electron chi connectivity index (χ2n) is 5.18. The van der Waals surface area contributed by atoms with Gasteiger partial charge in [-0.15, -0.1) is 0 Å². The molecule has 0 spiro atoms. The number of nitrogens with zero attached hydrogens (tertiary/aromatic N) is 2. The molecule has 6 nitrogen and oxygen atoms in total. The van der Waals surface area contributed by atoms with Gasteiger partial charge in [0.1, 0.15) is 11.2 Å². The van der Waals surface area contributed by atoms with Crippen molar-refractivity contribution in [3.8, 4) is 11.6 Å². The summed E-state index contributed by atoms with van der Waals surface area (Å²) in [4.78, 5) is 13.5. The fraction of sp³-hybridized carbons (Fsp3) is 0.250. The van der Waals surface area contributed by atoms with Crippen molar-refractivity contribution in [3.63, 3.8) is 0 Å². The van der Waals surface area contributed by atoms with Crippen LogP contribution in [-0.4, -0.2) is 27.0 Å². The van der Waals surface area contributed by atoms with Gasteiger partial charge in [0.15, 0.2) is 11.4 Å². The van der Waals surface area contributed by atoms with Crippen LogP contribution in [0.1, 0.15) is 12.5 Å². The Morgan fingerprint density at radius 2 is 2.00 bits per heavy atom. The second-order valence-corrected chi connectivity index (χ2v) is 6.89. The number of fused-ring (bicyclic) bond motifs is 1. The molecule has 0 aliphatic carbocycles. The number of benzene rings is 1. The molecule has 2 aromatic heterocycles. The summed E-state index contributed by atoms with van der Waals surface area (Å²) in [6, 6.07) is 6.16. The molecular formula is C16H14F3N3O3S. The van der Waals surface area contributed by atoms with Crippen LogP contribution in [0.3, 0.4) is 0 Å². The Bertz CT molecular complexity index is 972. The summed E-state index contributed by atoms with van der Waals surface area (Å²) in [5, 5.41) is 0. The van der Waals surface area contributed by atoms with Gasteiger partial charge >= 0.3 is 6.18 Å². The molecule has 10 heteroatoms. The van der Waals surface area contributed by atoms with E-state index in [4.69, 9.17) is 9.25 Å². The van der Waals surface area contributed by atoms with Crippen LogP contribution in [-0.2, 0) is 21.8 Å². The van der Waals surface area contributed by atoms with Crippen LogP contribution >= 0.6 is 0 Å². The Balaban J connectivity index is 2.15. The molecule has 1 unspecified atom stereocenters. The Hall–Kier alpha value is -2.46. The van der Waals surface area contributed by atoms with Gasteiger partial charge in [0.2, 0.25) is 5.89 Å². The minimum Gasteiger partial charge on any atom is -0.435 e. The smallest absolute Gasteiger partial charge is 0.416 e. The highest BCUT2D eigenvalue weighted by molar-refractivity contribution is 7.85. The number of aromatic nitrogens is 2. The molecule has 0 saturated heterocycles. The van der Waals surface area contributed by atoms with E-state index < -0.39 is 22.5 Å². The number of rotatable bonds is 5. The summed E-state index contributed by atoms with van der Waals surface area (Å²) in [7, 11) is 0.0345. The Labute approximate surface area is 148 Å². The molecule has 0 amide bonds. The van der Waals surface area contributed by atoms with Gasteiger partial charge in [0.25, 0.3) is 0 Å². The third-order valence-electron chi connectivity index (χ3n) is 3.49. The van der Waals surface area contributed by atoms with Crippen molar-refractivity contribution >= 4 is 27.7 Å². The van der Waals surface area contributed by atoms with Gasteiger partial charge in [-0.05, 0) is 30.3 Å². The molecule has 3 aromatic rings. The highest BCUT2D eigenvalue weighted by atomic mass is 32.2. The summed E-state index contributed by atoms with van der Waals surface area (Å²) in [5.74, 6) is 0.637. The molecule has 1 aromatic carbocycles. The van der Waals surface area contributed by atoms with Crippen molar-refractivity contribution in [2.24, 2.45) is 0 Å². The number of oxazole rings is 1. The third-order valence-corrected chi connectivity index (χ3v) is 4.83. The van der Waals surface area contributed by atoms with E-state index in [2.05, 4.69) is 15.4 Å². The maximum absolute atomic E-state index is 12.9. The Morgan fingerprint density at radius 1 is 1.23 bits per heavy atom. The lowest BCUT2D eigenvalue weighted by atomic mass is 10.2. The average Bonchev–Trinajstić information content (AvgIpc) is 3.03. The van der Waals surface area contributed by atoms with E-state index in [9.17, 15) is 17.4 Å². The first-order valence-corrected chi connectivity index (χ1v) is 8.82.